The Labute approximate surface area is 98.9 Å². The van der Waals surface area contributed by atoms with Crippen LogP contribution in [0.5, 0.6) is 0 Å². The zero-order chi connectivity index (χ0) is 12.0. The number of carboxylic acids is 1. The summed E-state index contributed by atoms with van der Waals surface area (Å²) in [5.74, 6) is -0.756. The highest BCUT2D eigenvalue weighted by atomic mass is 32.2. The summed E-state index contributed by atoms with van der Waals surface area (Å²) in [6, 6.07) is 4.16. The van der Waals surface area contributed by atoms with Gasteiger partial charge in [-0.15, -0.1) is 11.8 Å². The van der Waals surface area contributed by atoms with E-state index in [1.807, 2.05) is 0 Å². The summed E-state index contributed by atoms with van der Waals surface area (Å²) < 4.78 is 13.4. The van der Waals surface area contributed by atoms with Crippen LogP contribution in [0.3, 0.4) is 0 Å². The molecular formula is C12H15FO2S. The minimum atomic E-state index is -1.07. The predicted molar refractivity (Wildman–Crippen MR) is 63.6 cm³/mol. The van der Waals surface area contributed by atoms with Crippen LogP contribution in [-0.2, 0) is 0 Å². The van der Waals surface area contributed by atoms with Gasteiger partial charge in [-0.2, -0.15) is 0 Å². The topological polar surface area (TPSA) is 37.3 Å². The summed E-state index contributed by atoms with van der Waals surface area (Å²) in [5.41, 5.74) is 0.0569. The van der Waals surface area contributed by atoms with E-state index < -0.39 is 11.8 Å². The lowest BCUT2D eigenvalue weighted by atomic mass is 10.2. The van der Waals surface area contributed by atoms with Crippen molar-refractivity contribution in [1.82, 2.24) is 0 Å². The molecule has 1 aromatic carbocycles. The highest BCUT2D eigenvalue weighted by Crippen LogP contribution is 2.27. The second-order valence-corrected chi connectivity index (χ2v) is 4.58. The van der Waals surface area contributed by atoms with Crippen LogP contribution in [0.1, 0.15) is 36.5 Å². The summed E-state index contributed by atoms with van der Waals surface area (Å²) in [6.45, 7) is 2.09. The van der Waals surface area contributed by atoms with Crippen molar-refractivity contribution in [2.45, 2.75) is 31.1 Å². The Morgan fingerprint density at radius 3 is 2.81 bits per heavy atom. The van der Waals surface area contributed by atoms with Gasteiger partial charge in [0.1, 0.15) is 5.82 Å². The van der Waals surface area contributed by atoms with Gasteiger partial charge in [-0.3, -0.25) is 0 Å². The summed E-state index contributed by atoms with van der Waals surface area (Å²) in [5, 5.41) is 8.91. The number of hydrogen-bond donors (Lipinski definition) is 1. The molecule has 16 heavy (non-hydrogen) atoms. The van der Waals surface area contributed by atoms with Crippen LogP contribution in [0.4, 0.5) is 4.39 Å². The van der Waals surface area contributed by atoms with E-state index >= 15 is 0 Å². The average Bonchev–Trinajstić information content (AvgIpc) is 2.25. The molecule has 0 aliphatic rings. The van der Waals surface area contributed by atoms with Crippen LogP contribution in [-0.4, -0.2) is 16.8 Å². The van der Waals surface area contributed by atoms with Crippen molar-refractivity contribution >= 4 is 17.7 Å². The Kier molecular flexibility index (Phi) is 5.32. The molecule has 1 N–H and O–H groups in total. The van der Waals surface area contributed by atoms with Gasteiger partial charge in [-0.1, -0.05) is 25.8 Å². The van der Waals surface area contributed by atoms with Gasteiger partial charge < -0.3 is 5.11 Å². The van der Waals surface area contributed by atoms with Crippen LogP contribution in [0.15, 0.2) is 23.1 Å². The smallest absolute Gasteiger partial charge is 0.336 e. The van der Waals surface area contributed by atoms with Crippen molar-refractivity contribution in [2.24, 2.45) is 0 Å². The van der Waals surface area contributed by atoms with Crippen LogP contribution in [0.2, 0.25) is 0 Å². The Balaban J connectivity index is 2.73. The Morgan fingerprint density at radius 1 is 1.44 bits per heavy atom. The summed E-state index contributed by atoms with van der Waals surface area (Å²) in [4.78, 5) is 11.1. The van der Waals surface area contributed by atoms with Crippen molar-refractivity contribution in [1.29, 1.82) is 0 Å². The zero-order valence-electron chi connectivity index (χ0n) is 9.20. The number of unbranched alkanes of at least 4 members (excludes halogenated alkanes) is 2. The molecule has 0 saturated heterocycles. The Bertz CT molecular complexity index is 366. The van der Waals surface area contributed by atoms with Gasteiger partial charge in [-0.05, 0) is 24.3 Å². The molecule has 0 unspecified atom stereocenters. The quantitative estimate of drug-likeness (QED) is 0.609. The van der Waals surface area contributed by atoms with Gasteiger partial charge in [0.2, 0.25) is 0 Å². The van der Waals surface area contributed by atoms with Crippen LogP contribution in [0, 0.1) is 5.82 Å². The maximum atomic E-state index is 13.4. The maximum absolute atomic E-state index is 13.4. The van der Waals surface area contributed by atoms with E-state index in [9.17, 15) is 9.18 Å². The number of thioether (sulfide) groups is 1. The van der Waals surface area contributed by atoms with E-state index in [1.54, 1.807) is 0 Å². The number of hydrogen-bond acceptors (Lipinski definition) is 2. The van der Waals surface area contributed by atoms with Crippen LogP contribution < -0.4 is 0 Å². The number of benzene rings is 1. The second kappa shape index (κ2) is 6.53. The third-order valence-electron chi connectivity index (χ3n) is 2.19. The van der Waals surface area contributed by atoms with Gasteiger partial charge in [0.15, 0.2) is 0 Å². The fourth-order valence-corrected chi connectivity index (χ4v) is 2.42. The van der Waals surface area contributed by atoms with E-state index in [0.29, 0.717) is 0 Å². The largest absolute Gasteiger partial charge is 0.478 e. The zero-order valence-corrected chi connectivity index (χ0v) is 10.0. The molecule has 0 saturated carbocycles. The van der Waals surface area contributed by atoms with Gasteiger partial charge >= 0.3 is 5.97 Å². The molecule has 2 nitrogen and oxygen atoms in total. The molecule has 0 aliphatic heterocycles. The van der Waals surface area contributed by atoms with Gasteiger partial charge in [0, 0.05) is 0 Å². The van der Waals surface area contributed by atoms with Crippen molar-refractivity contribution in [3.63, 3.8) is 0 Å². The molecule has 0 spiro atoms. The first-order valence-corrected chi connectivity index (χ1v) is 6.30. The molecule has 4 heteroatoms. The number of rotatable bonds is 6. The van der Waals surface area contributed by atoms with Crippen molar-refractivity contribution in [3.8, 4) is 0 Å². The fourth-order valence-electron chi connectivity index (χ4n) is 1.35. The second-order valence-electron chi connectivity index (χ2n) is 3.48. The molecular weight excluding hydrogens is 227 g/mol. The van der Waals surface area contributed by atoms with E-state index in [-0.39, 0.29) is 10.5 Å². The van der Waals surface area contributed by atoms with Crippen LogP contribution >= 0.6 is 11.8 Å². The van der Waals surface area contributed by atoms with E-state index in [4.69, 9.17) is 5.11 Å². The first kappa shape index (κ1) is 13.0. The standard InChI is InChI=1S/C12H15FO2S/c1-2-3-4-8-16-11-9(12(14)15)6-5-7-10(11)13/h5-7H,2-4,8H2,1H3,(H,14,15). The van der Waals surface area contributed by atoms with Gasteiger partial charge in [-0.25, -0.2) is 9.18 Å². The molecule has 1 rings (SSSR count). The molecule has 0 aromatic heterocycles. The SMILES string of the molecule is CCCCCSc1c(F)cccc1C(=O)O. The lowest BCUT2D eigenvalue weighted by Crippen LogP contribution is -2.01. The van der Waals surface area contributed by atoms with Crippen molar-refractivity contribution in [3.05, 3.63) is 29.6 Å². The third-order valence-corrected chi connectivity index (χ3v) is 3.39. The molecule has 0 amide bonds. The molecule has 0 atom stereocenters. The lowest BCUT2D eigenvalue weighted by molar-refractivity contribution is 0.0692. The van der Waals surface area contributed by atoms with Crippen molar-refractivity contribution < 1.29 is 14.3 Å². The highest BCUT2D eigenvalue weighted by Gasteiger charge is 2.13. The van der Waals surface area contributed by atoms with Gasteiger partial charge in [0.25, 0.3) is 0 Å². The van der Waals surface area contributed by atoms with E-state index in [1.165, 1.54) is 30.0 Å². The lowest BCUT2D eigenvalue weighted by Gasteiger charge is -2.06. The van der Waals surface area contributed by atoms with Crippen LogP contribution in [0.25, 0.3) is 0 Å². The number of carboxylic acid groups (broad SMARTS) is 1. The first-order chi connectivity index (χ1) is 7.66. The molecule has 0 heterocycles. The summed E-state index contributed by atoms with van der Waals surface area (Å²) in [6.07, 6.45) is 3.17. The third kappa shape index (κ3) is 3.52. The Hall–Kier alpha value is -1.03. The fraction of sp³-hybridized carbons (Fsp3) is 0.417. The molecule has 0 aliphatic carbocycles. The molecule has 88 valence electrons. The minimum Gasteiger partial charge on any atom is -0.478 e. The first-order valence-electron chi connectivity index (χ1n) is 5.31. The number of halogens is 1. The minimum absolute atomic E-state index is 0.0569. The summed E-state index contributed by atoms with van der Waals surface area (Å²) in [7, 11) is 0. The number of carbonyl (C=O) groups is 1. The van der Waals surface area contributed by atoms with E-state index in [2.05, 4.69) is 6.92 Å². The number of aromatic carboxylic acids is 1. The summed E-state index contributed by atoms with van der Waals surface area (Å²) >= 11 is 1.29. The Morgan fingerprint density at radius 2 is 2.19 bits per heavy atom. The van der Waals surface area contributed by atoms with Gasteiger partial charge in [0.05, 0.1) is 10.5 Å². The molecule has 0 bridgehead atoms. The normalized spacial score (nSPS) is 10.4. The predicted octanol–water partition coefficient (Wildman–Crippen LogP) is 3.81. The molecule has 0 radical (unpaired) electrons. The average molecular weight is 242 g/mol. The molecule has 1 aromatic rings. The monoisotopic (exact) mass is 242 g/mol. The van der Waals surface area contributed by atoms with Crippen molar-refractivity contribution in [2.75, 3.05) is 5.75 Å². The highest BCUT2D eigenvalue weighted by molar-refractivity contribution is 7.99. The molecule has 0 fully saturated rings. The maximum Gasteiger partial charge on any atom is 0.336 e. The van der Waals surface area contributed by atoms with E-state index in [0.717, 1.165) is 25.0 Å².